The van der Waals surface area contributed by atoms with Crippen LogP contribution in [0.25, 0.3) is 0 Å². The summed E-state index contributed by atoms with van der Waals surface area (Å²) < 4.78 is 0. The summed E-state index contributed by atoms with van der Waals surface area (Å²) in [6.07, 6.45) is 17.1. The molecule has 1 N–H and O–H groups in total. The van der Waals surface area contributed by atoms with Crippen molar-refractivity contribution in [3.8, 4) is 12.3 Å². The maximum absolute atomic E-state index is 4.78. The minimum absolute atomic E-state index is 0.847. The first-order valence-electron chi connectivity index (χ1n) is 8.15. The molecule has 21 heavy (non-hydrogen) atoms. The van der Waals surface area contributed by atoms with E-state index in [1.165, 1.54) is 31.2 Å². The van der Waals surface area contributed by atoms with E-state index in [4.69, 9.17) is 6.42 Å². The summed E-state index contributed by atoms with van der Waals surface area (Å²) in [5.74, 6) is 2.43. The van der Waals surface area contributed by atoms with E-state index in [0.717, 1.165) is 12.1 Å². The molecular weight excluding hydrogens is 256 g/mol. The van der Waals surface area contributed by atoms with Gasteiger partial charge in [-0.15, -0.1) is 12.3 Å². The normalized spacial score (nSPS) is 8.48. The molecule has 0 saturated heterocycles. The SMILES string of the molecule is C#CCC.C/C=C\CCCCC.CC.Cc1cn[nH]c1C. The molecule has 0 unspecified atom stereocenters. The van der Waals surface area contributed by atoms with Gasteiger partial charge in [0.2, 0.25) is 0 Å². The second-order valence-corrected chi connectivity index (χ2v) is 4.30. The fourth-order valence-corrected chi connectivity index (χ4v) is 1.09. The van der Waals surface area contributed by atoms with Gasteiger partial charge < -0.3 is 0 Å². The number of rotatable bonds is 4. The van der Waals surface area contributed by atoms with E-state index in [9.17, 15) is 0 Å². The van der Waals surface area contributed by atoms with Crippen LogP contribution in [0.4, 0.5) is 0 Å². The lowest BCUT2D eigenvalue weighted by molar-refractivity contribution is 0.729. The van der Waals surface area contributed by atoms with Gasteiger partial charge >= 0.3 is 0 Å². The number of nitrogens with zero attached hydrogens (tertiary/aromatic N) is 1. The molecule has 0 aliphatic carbocycles. The molecule has 0 fully saturated rings. The van der Waals surface area contributed by atoms with Crippen molar-refractivity contribution in [2.24, 2.45) is 0 Å². The quantitative estimate of drug-likeness (QED) is 0.398. The Hall–Kier alpha value is -1.49. The van der Waals surface area contributed by atoms with Crippen LogP contribution in [0, 0.1) is 26.2 Å². The Morgan fingerprint density at radius 2 is 1.81 bits per heavy atom. The Balaban J connectivity index is -0.000000228. The summed E-state index contributed by atoms with van der Waals surface area (Å²) in [4.78, 5) is 0. The highest BCUT2D eigenvalue weighted by molar-refractivity contribution is 5.10. The first kappa shape index (κ1) is 24.5. The number of hydrogen-bond acceptors (Lipinski definition) is 1. The third kappa shape index (κ3) is 24.0. The molecule has 0 saturated carbocycles. The van der Waals surface area contributed by atoms with Crippen LogP contribution >= 0.6 is 0 Å². The Morgan fingerprint density at radius 1 is 1.24 bits per heavy atom. The van der Waals surface area contributed by atoms with Crippen LogP contribution in [-0.2, 0) is 0 Å². The fourth-order valence-electron chi connectivity index (χ4n) is 1.09. The number of aryl methyl sites for hydroxylation is 2. The van der Waals surface area contributed by atoms with Crippen molar-refractivity contribution < 1.29 is 0 Å². The van der Waals surface area contributed by atoms with Gasteiger partial charge in [-0.25, -0.2) is 0 Å². The standard InChI is InChI=1S/C8H16.C5H8N2.C4H6.C2H6/c1-3-5-7-8-6-4-2;1-4-3-6-7-5(4)2;1-3-4-2;1-2/h3,5H,4,6-8H2,1-2H3;3H,1-2H3,(H,6,7);1H,4H2,2H3;1-2H3/b5-3-;;;. The first-order valence-corrected chi connectivity index (χ1v) is 8.15. The van der Waals surface area contributed by atoms with Gasteiger partial charge in [-0.05, 0) is 39.2 Å². The lowest BCUT2D eigenvalue weighted by Gasteiger charge is -1.88. The molecule has 1 heterocycles. The van der Waals surface area contributed by atoms with Gasteiger partial charge in [0.15, 0.2) is 0 Å². The second-order valence-electron chi connectivity index (χ2n) is 4.30. The Morgan fingerprint density at radius 3 is 2.05 bits per heavy atom. The molecule has 0 spiro atoms. The van der Waals surface area contributed by atoms with E-state index in [1.54, 1.807) is 0 Å². The summed E-state index contributed by atoms with van der Waals surface area (Å²) in [5, 5.41) is 6.61. The molecule has 2 nitrogen and oxygen atoms in total. The fraction of sp³-hybridized carbons (Fsp3) is 0.632. The molecule has 0 aliphatic rings. The highest BCUT2D eigenvalue weighted by Gasteiger charge is 1.87. The number of terminal acetylenes is 1. The van der Waals surface area contributed by atoms with Crippen LogP contribution in [0.5, 0.6) is 0 Å². The molecule has 2 heteroatoms. The summed E-state index contributed by atoms with van der Waals surface area (Å²) in [6, 6.07) is 0. The van der Waals surface area contributed by atoms with Gasteiger partial charge in [0.05, 0.1) is 6.20 Å². The molecule has 1 aromatic rings. The summed E-state index contributed by atoms with van der Waals surface area (Å²) >= 11 is 0. The van der Waals surface area contributed by atoms with Crippen LogP contribution in [-0.4, -0.2) is 10.2 Å². The summed E-state index contributed by atoms with van der Waals surface area (Å²) in [5.41, 5.74) is 2.38. The van der Waals surface area contributed by atoms with E-state index in [1.807, 2.05) is 40.8 Å². The van der Waals surface area contributed by atoms with E-state index >= 15 is 0 Å². The second kappa shape index (κ2) is 23.6. The number of unbranched alkanes of at least 4 members (excludes halogenated alkanes) is 3. The van der Waals surface area contributed by atoms with Crippen molar-refractivity contribution in [1.29, 1.82) is 0 Å². The van der Waals surface area contributed by atoms with Gasteiger partial charge in [0, 0.05) is 12.1 Å². The maximum Gasteiger partial charge on any atom is 0.0519 e. The van der Waals surface area contributed by atoms with Crippen molar-refractivity contribution >= 4 is 0 Å². The lowest BCUT2D eigenvalue weighted by Crippen LogP contribution is -1.70. The molecule has 122 valence electrons. The number of hydrogen-bond donors (Lipinski definition) is 1. The van der Waals surface area contributed by atoms with Crippen molar-refractivity contribution in [3.05, 3.63) is 29.6 Å². The van der Waals surface area contributed by atoms with Gasteiger partial charge in [0.1, 0.15) is 0 Å². The zero-order valence-corrected chi connectivity index (χ0v) is 15.3. The van der Waals surface area contributed by atoms with Crippen LogP contribution < -0.4 is 0 Å². The molecule has 0 amide bonds. The summed E-state index contributed by atoms with van der Waals surface area (Å²) in [7, 11) is 0. The third-order valence-corrected chi connectivity index (χ3v) is 2.50. The number of aromatic amines is 1. The van der Waals surface area contributed by atoms with Gasteiger partial charge in [0.25, 0.3) is 0 Å². The zero-order chi connectivity index (χ0) is 16.9. The average Bonchev–Trinajstić information content (AvgIpc) is 2.90. The van der Waals surface area contributed by atoms with Crippen LogP contribution in [0.15, 0.2) is 18.3 Å². The smallest absolute Gasteiger partial charge is 0.0519 e. The Kier molecular flexibility index (Phi) is 27.5. The predicted octanol–water partition coefficient (Wildman–Crippen LogP) is 6.23. The predicted molar refractivity (Wildman–Crippen MR) is 97.5 cm³/mol. The van der Waals surface area contributed by atoms with Gasteiger partial charge in [-0.1, -0.05) is 52.7 Å². The van der Waals surface area contributed by atoms with Crippen LogP contribution in [0.1, 0.15) is 78.0 Å². The molecule has 0 atom stereocenters. The zero-order valence-electron chi connectivity index (χ0n) is 15.3. The maximum atomic E-state index is 4.78. The van der Waals surface area contributed by atoms with Gasteiger partial charge in [-0.3, -0.25) is 5.10 Å². The molecule has 1 rings (SSSR count). The highest BCUT2D eigenvalue weighted by Crippen LogP contribution is 1.98. The number of allylic oxidation sites excluding steroid dienone is 2. The van der Waals surface area contributed by atoms with Gasteiger partial charge in [-0.2, -0.15) is 5.10 Å². The minimum atomic E-state index is 0.847. The lowest BCUT2D eigenvalue weighted by atomic mass is 10.2. The van der Waals surface area contributed by atoms with Crippen molar-refractivity contribution in [3.63, 3.8) is 0 Å². The molecule has 0 aliphatic heterocycles. The molecule has 0 aromatic carbocycles. The van der Waals surface area contributed by atoms with Crippen LogP contribution in [0.3, 0.4) is 0 Å². The largest absolute Gasteiger partial charge is 0.283 e. The van der Waals surface area contributed by atoms with E-state index in [-0.39, 0.29) is 0 Å². The highest BCUT2D eigenvalue weighted by atomic mass is 15.1. The molecular formula is C19H36N2. The third-order valence-electron chi connectivity index (χ3n) is 2.50. The average molecular weight is 293 g/mol. The van der Waals surface area contributed by atoms with Crippen LogP contribution in [0.2, 0.25) is 0 Å². The van der Waals surface area contributed by atoms with Crippen molar-refractivity contribution in [2.45, 2.75) is 80.6 Å². The van der Waals surface area contributed by atoms with Crippen molar-refractivity contribution in [1.82, 2.24) is 10.2 Å². The Labute approximate surface area is 133 Å². The van der Waals surface area contributed by atoms with E-state index < -0.39 is 0 Å². The first-order chi connectivity index (χ1) is 10.1. The Bertz CT molecular complexity index is 326. The monoisotopic (exact) mass is 292 g/mol. The van der Waals surface area contributed by atoms with E-state index in [0.29, 0.717) is 0 Å². The van der Waals surface area contributed by atoms with E-state index in [2.05, 4.69) is 42.1 Å². The molecule has 0 bridgehead atoms. The number of aromatic nitrogens is 2. The number of H-pyrrole nitrogens is 1. The molecule has 0 radical (unpaired) electrons. The summed E-state index contributed by atoms with van der Waals surface area (Å²) in [6.45, 7) is 14.3. The topological polar surface area (TPSA) is 28.7 Å². The molecule has 1 aromatic heterocycles. The van der Waals surface area contributed by atoms with Crippen molar-refractivity contribution in [2.75, 3.05) is 0 Å². The number of nitrogens with one attached hydrogen (secondary N) is 1. The minimum Gasteiger partial charge on any atom is -0.283 e.